The van der Waals surface area contributed by atoms with Crippen molar-refractivity contribution in [3.05, 3.63) is 58.1 Å². The Hall–Kier alpha value is -1.81. The normalized spacial score (nSPS) is 13.2. The lowest BCUT2D eigenvalue weighted by atomic mass is 10.0. The molecule has 1 heterocycles. The highest BCUT2D eigenvalue weighted by atomic mass is 79.9. The van der Waals surface area contributed by atoms with E-state index >= 15 is 0 Å². The van der Waals surface area contributed by atoms with Gasteiger partial charge in [0.05, 0.1) is 6.42 Å². The van der Waals surface area contributed by atoms with Gasteiger partial charge in [0.1, 0.15) is 0 Å². The second-order valence-corrected chi connectivity index (χ2v) is 6.17. The van der Waals surface area contributed by atoms with Crippen LogP contribution in [-0.2, 0) is 17.6 Å². The van der Waals surface area contributed by atoms with Gasteiger partial charge in [0, 0.05) is 22.4 Å². The predicted molar refractivity (Wildman–Crippen MR) is 89.7 cm³/mol. The van der Waals surface area contributed by atoms with E-state index in [4.69, 9.17) is 0 Å². The number of amides is 1. The molecule has 2 N–H and O–H groups in total. The van der Waals surface area contributed by atoms with Crippen LogP contribution in [0.3, 0.4) is 0 Å². The number of hydrogen-bond donors (Lipinski definition) is 2. The van der Waals surface area contributed by atoms with E-state index in [1.165, 1.54) is 12.0 Å². The molecule has 0 saturated heterocycles. The van der Waals surface area contributed by atoms with Crippen LogP contribution in [0.15, 0.2) is 46.9 Å². The van der Waals surface area contributed by atoms with Crippen molar-refractivity contribution in [1.82, 2.24) is 0 Å². The molecule has 2 aromatic rings. The first kappa shape index (κ1) is 14.1. The second-order valence-electron chi connectivity index (χ2n) is 5.26. The van der Waals surface area contributed by atoms with Gasteiger partial charge in [-0.15, -0.1) is 0 Å². The summed E-state index contributed by atoms with van der Waals surface area (Å²) in [5.41, 5.74) is 4.31. The van der Waals surface area contributed by atoms with Crippen molar-refractivity contribution in [3.8, 4) is 0 Å². The van der Waals surface area contributed by atoms with Crippen LogP contribution >= 0.6 is 15.9 Å². The molecule has 0 unspecified atom stereocenters. The standard InChI is InChI=1S/C17H17BrN2O/c18-14-5-1-3-12(9-14)10-17(21)20-15-7-6-13-4-2-8-19-16(13)11-15/h1,3,5-7,9,11,19H,2,4,8,10H2,(H,20,21). The maximum atomic E-state index is 12.1. The van der Waals surface area contributed by atoms with Crippen LogP contribution in [0.25, 0.3) is 0 Å². The lowest BCUT2D eigenvalue weighted by Gasteiger charge is -2.18. The highest BCUT2D eigenvalue weighted by Gasteiger charge is 2.10. The van der Waals surface area contributed by atoms with Crippen molar-refractivity contribution < 1.29 is 4.79 Å². The van der Waals surface area contributed by atoms with Crippen LogP contribution in [0.4, 0.5) is 11.4 Å². The van der Waals surface area contributed by atoms with Crippen LogP contribution in [-0.4, -0.2) is 12.5 Å². The molecule has 0 spiro atoms. The quantitative estimate of drug-likeness (QED) is 0.883. The zero-order valence-corrected chi connectivity index (χ0v) is 13.2. The molecule has 0 bridgehead atoms. The van der Waals surface area contributed by atoms with Gasteiger partial charge >= 0.3 is 0 Å². The van der Waals surface area contributed by atoms with Crippen LogP contribution in [0.5, 0.6) is 0 Å². The minimum absolute atomic E-state index is 0.00357. The fourth-order valence-electron chi connectivity index (χ4n) is 2.58. The van der Waals surface area contributed by atoms with Crippen molar-refractivity contribution in [1.29, 1.82) is 0 Å². The SMILES string of the molecule is O=C(Cc1cccc(Br)c1)Nc1ccc2c(c1)NCCC2. The van der Waals surface area contributed by atoms with Gasteiger partial charge in [0.2, 0.25) is 5.91 Å². The average molecular weight is 345 g/mol. The summed E-state index contributed by atoms with van der Waals surface area (Å²) in [5.74, 6) is 0.00357. The van der Waals surface area contributed by atoms with Gasteiger partial charge < -0.3 is 10.6 Å². The average Bonchev–Trinajstić information content (AvgIpc) is 2.47. The number of carbonyl (C=O) groups excluding carboxylic acids is 1. The summed E-state index contributed by atoms with van der Waals surface area (Å²) in [7, 11) is 0. The molecule has 0 aromatic heterocycles. The van der Waals surface area contributed by atoms with Gasteiger partial charge in [-0.1, -0.05) is 34.1 Å². The molecule has 1 amide bonds. The summed E-state index contributed by atoms with van der Waals surface area (Å²) in [4.78, 5) is 12.1. The molecule has 0 saturated carbocycles. The third-order valence-corrected chi connectivity index (χ3v) is 4.08. The largest absolute Gasteiger partial charge is 0.385 e. The zero-order chi connectivity index (χ0) is 14.7. The molecule has 2 aromatic carbocycles. The van der Waals surface area contributed by atoms with Gasteiger partial charge in [-0.25, -0.2) is 0 Å². The Kier molecular flexibility index (Phi) is 4.25. The van der Waals surface area contributed by atoms with Crippen molar-refractivity contribution in [2.45, 2.75) is 19.3 Å². The molecule has 0 aliphatic carbocycles. The van der Waals surface area contributed by atoms with E-state index in [1.54, 1.807) is 0 Å². The molecule has 3 nitrogen and oxygen atoms in total. The number of anilines is 2. The summed E-state index contributed by atoms with van der Waals surface area (Å²) in [5, 5.41) is 6.34. The molecule has 1 aliphatic heterocycles. The van der Waals surface area contributed by atoms with E-state index in [-0.39, 0.29) is 5.91 Å². The first-order valence-corrected chi connectivity index (χ1v) is 7.91. The number of hydrogen-bond acceptors (Lipinski definition) is 2. The topological polar surface area (TPSA) is 41.1 Å². The third kappa shape index (κ3) is 3.64. The maximum absolute atomic E-state index is 12.1. The molecular formula is C17H17BrN2O. The number of carbonyl (C=O) groups is 1. The molecule has 3 rings (SSSR count). The Balaban J connectivity index is 1.67. The lowest BCUT2D eigenvalue weighted by molar-refractivity contribution is -0.115. The number of benzene rings is 2. The number of halogens is 1. The maximum Gasteiger partial charge on any atom is 0.228 e. The molecule has 1 aliphatic rings. The molecule has 0 radical (unpaired) electrons. The molecule has 4 heteroatoms. The molecule has 108 valence electrons. The number of rotatable bonds is 3. The highest BCUT2D eigenvalue weighted by molar-refractivity contribution is 9.10. The van der Waals surface area contributed by atoms with Gasteiger partial charge in [-0.2, -0.15) is 0 Å². The first-order chi connectivity index (χ1) is 10.2. The predicted octanol–water partition coefficient (Wildman–Crippen LogP) is 3.99. The van der Waals surface area contributed by atoms with Gasteiger partial charge in [0.25, 0.3) is 0 Å². The monoisotopic (exact) mass is 344 g/mol. The Morgan fingerprint density at radius 3 is 3.00 bits per heavy atom. The summed E-state index contributed by atoms with van der Waals surface area (Å²) in [6.45, 7) is 1.00. The highest BCUT2D eigenvalue weighted by Crippen LogP contribution is 2.25. The van der Waals surface area contributed by atoms with Gasteiger partial charge in [0.15, 0.2) is 0 Å². The van der Waals surface area contributed by atoms with Crippen LogP contribution < -0.4 is 10.6 Å². The van der Waals surface area contributed by atoms with Crippen molar-refractivity contribution >= 4 is 33.2 Å². The minimum Gasteiger partial charge on any atom is -0.385 e. The number of aryl methyl sites for hydroxylation is 1. The first-order valence-electron chi connectivity index (χ1n) is 7.12. The fraction of sp³-hybridized carbons (Fsp3) is 0.235. The summed E-state index contributed by atoms with van der Waals surface area (Å²) >= 11 is 3.42. The van der Waals surface area contributed by atoms with Crippen molar-refractivity contribution in [3.63, 3.8) is 0 Å². The van der Waals surface area contributed by atoms with E-state index < -0.39 is 0 Å². The molecule has 0 atom stereocenters. The zero-order valence-electron chi connectivity index (χ0n) is 11.7. The van der Waals surface area contributed by atoms with Crippen LogP contribution in [0.2, 0.25) is 0 Å². The Morgan fingerprint density at radius 1 is 1.24 bits per heavy atom. The minimum atomic E-state index is 0.00357. The summed E-state index contributed by atoms with van der Waals surface area (Å²) < 4.78 is 0.991. The smallest absolute Gasteiger partial charge is 0.228 e. The van der Waals surface area contributed by atoms with Crippen molar-refractivity contribution in [2.75, 3.05) is 17.2 Å². The molecule has 0 fully saturated rings. The number of fused-ring (bicyclic) bond motifs is 1. The second kappa shape index (κ2) is 6.31. The van der Waals surface area contributed by atoms with E-state index in [2.05, 4.69) is 32.6 Å². The van der Waals surface area contributed by atoms with E-state index in [1.807, 2.05) is 36.4 Å². The Bertz CT molecular complexity index is 670. The van der Waals surface area contributed by atoms with Crippen LogP contribution in [0, 0.1) is 0 Å². The Labute approximate surface area is 132 Å². The van der Waals surface area contributed by atoms with Gasteiger partial charge in [-0.05, 0) is 48.2 Å². The number of nitrogens with one attached hydrogen (secondary N) is 2. The Morgan fingerprint density at radius 2 is 2.14 bits per heavy atom. The summed E-state index contributed by atoms with van der Waals surface area (Å²) in [6, 6.07) is 13.9. The van der Waals surface area contributed by atoms with Crippen LogP contribution in [0.1, 0.15) is 17.5 Å². The molecule has 21 heavy (non-hydrogen) atoms. The van der Waals surface area contributed by atoms with E-state index in [0.717, 1.165) is 34.4 Å². The third-order valence-electron chi connectivity index (χ3n) is 3.59. The van der Waals surface area contributed by atoms with Gasteiger partial charge in [-0.3, -0.25) is 4.79 Å². The van der Waals surface area contributed by atoms with E-state index in [9.17, 15) is 4.79 Å². The lowest BCUT2D eigenvalue weighted by Crippen LogP contribution is -2.16. The van der Waals surface area contributed by atoms with E-state index in [0.29, 0.717) is 6.42 Å². The summed E-state index contributed by atoms with van der Waals surface area (Å²) in [6.07, 6.45) is 2.65. The molecular weight excluding hydrogens is 328 g/mol. The van der Waals surface area contributed by atoms with Crippen molar-refractivity contribution in [2.24, 2.45) is 0 Å². The fourth-order valence-corrected chi connectivity index (χ4v) is 3.02.